The molecule has 2 heterocycles. The third-order valence-electron chi connectivity index (χ3n) is 4.79. The van der Waals surface area contributed by atoms with Crippen LogP contribution in [0.4, 0.5) is 0 Å². The first-order valence-electron chi connectivity index (χ1n) is 17.0. The van der Waals surface area contributed by atoms with E-state index in [1.807, 2.05) is 37.5 Å². The van der Waals surface area contributed by atoms with Gasteiger partial charge in [0.15, 0.2) is 0 Å². The first kappa shape index (κ1) is 85.3. The van der Waals surface area contributed by atoms with Crippen LogP contribution in [0, 0.1) is 0 Å². The van der Waals surface area contributed by atoms with Gasteiger partial charge in [0.05, 0.1) is 66.1 Å². The van der Waals surface area contributed by atoms with Crippen LogP contribution in [0.5, 0.6) is 0 Å². The molecule has 2 fully saturated rings. The quantitative estimate of drug-likeness (QED) is 0.0302. The van der Waals surface area contributed by atoms with Crippen molar-refractivity contribution in [3.63, 3.8) is 0 Å². The minimum Gasteiger partial charge on any atom is -0.412 e. The number of aliphatic hydroxyl groups is 6. The molecule has 0 aliphatic carbocycles. The first-order valence-corrected chi connectivity index (χ1v) is 29.4. The molecule has 2 aliphatic heterocycles. The van der Waals surface area contributed by atoms with E-state index in [9.17, 15) is 0 Å². The zero-order chi connectivity index (χ0) is 42.8. The Morgan fingerprint density at radius 2 is 0.638 bits per heavy atom. The van der Waals surface area contributed by atoms with Gasteiger partial charge in [-0.3, -0.25) is 0 Å². The van der Waals surface area contributed by atoms with Gasteiger partial charge in [-0.2, -0.15) is 70.6 Å². The van der Waals surface area contributed by atoms with Gasteiger partial charge in [-0.1, -0.05) is 0 Å². The minimum absolute atomic E-state index is 0. The van der Waals surface area contributed by atoms with Crippen LogP contribution in [0.2, 0.25) is 12.1 Å². The predicted molar refractivity (Wildman–Crippen MR) is 241 cm³/mol. The zero-order valence-electron chi connectivity index (χ0n) is 35.2. The van der Waals surface area contributed by atoms with Gasteiger partial charge < -0.3 is 83.8 Å². The molecule has 0 bridgehead atoms. The Hall–Kier alpha value is 4.00. The van der Waals surface area contributed by atoms with E-state index in [4.69, 9.17) is 78.4 Å². The standard InChI is InChI=1S/2C6H14O5Si.6C3H8OS.H2O.3Ti/c2*7-12(8,9)3-1-2-10-4-6-5-11-6;6*1-5-3-2-4;;;;/h2*6-9H,1-5H2;6*4H,2-3H2,1H3;1H2;;;. The molecule has 0 amide bonds. The first-order chi connectivity index (χ1) is 25.6. The Morgan fingerprint density at radius 3 is 0.741 bits per heavy atom. The molecule has 2 aliphatic rings. The molecule has 0 radical (unpaired) electrons. The van der Waals surface area contributed by atoms with Crippen molar-refractivity contribution in [1.29, 1.82) is 0 Å². The summed E-state index contributed by atoms with van der Waals surface area (Å²) < 4.78 is 20.0. The molecule has 356 valence electrons. The molecule has 0 saturated carbocycles. The van der Waals surface area contributed by atoms with Crippen LogP contribution < -0.4 is 0 Å². The normalized spacial score (nSPS) is 13.8. The van der Waals surface area contributed by atoms with Crippen molar-refractivity contribution in [2.75, 3.05) is 151 Å². The topological polar surface area (TPSA) is 318 Å². The van der Waals surface area contributed by atoms with Gasteiger partial charge in [0.25, 0.3) is 0 Å². The second kappa shape index (κ2) is 75.3. The molecule has 0 aromatic carbocycles. The van der Waals surface area contributed by atoms with Crippen LogP contribution in [0.3, 0.4) is 0 Å². The molecular weight excluding hydrogens is 1020 g/mol. The molecule has 2 unspecified atom stereocenters. The Labute approximate surface area is 421 Å². The van der Waals surface area contributed by atoms with Crippen LogP contribution >= 0.6 is 70.6 Å². The van der Waals surface area contributed by atoms with E-state index in [1.54, 1.807) is 70.6 Å². The Bertz CT molecular complexity index is 548. The van der Waals surface area contributed by atoms with Crippen molar-refractivity contribution in [3.05, 3.63) is 0 Å². The van der Waals surface area contributed by atoms with Crippen LogP contribution in [0.1, 0.15) is 12.8 Å². The number of thioether (sulfide) groups is 6. The maximum absolute atomic E-state index is 8.61. The molecular formula is C30H78O17S6Si2Ti3. The summed E-state index contributed by atoms with van der Waals surface area (Å²) >= 11 is 9.91. The fraction of sp³-hybridized carbons (Fsp3) is 1.00. The van der Waals surface area contributed by atoms with Gasteiger partial charge >= 0.3 is 17.6 Å². The summed E-state index contributed by atoms with van der Waals surface area (Å²) in [6.45, 7) is 5.38. The molecule has 2 rings (SSSR count). The second-order valence-corrected chi connectivity index (χ2v) is 20.1. The number of epoxide rings is 2. The summed E-state index contributed by atoms with van der Waals surface area (Å²) in [6, 6.07) is 0.0804. The maximum atomic E-state index is 8.61. The third-order valence-corrected chi connectivity index (χ3v) is 10.4. The van der Waals surface area contributed by atoms with Crippen LogP contribution in [0.25, 0.3) is 0 Å². The van der Waals surface area contributed by atoms with Gasteiger partial charge in [-0.25, -0.2) is 0 Å². The predicted octanol–water partition coefficient (Wildman–Crippen LogP) is -1.37. The molecule has 14 N–H and O–H groups in total. The van der Waals surface area contributed by atoms with Gasteiger partial charge in [-0.05, 0) is 50.4 Å². The van der Waals surface area contributed by atoms with Gasteiger partial charge in [-0.15, -0.1) is 0 Å². The van der Waals surface area contributed by atoms with Crippen molar-refractivity contribution < 1.29 is 149 Å². The van der Waals surface area contributed by atoms with E-state index < -0.39 is 17.6 Å². The fourth-order valence-corrected chi connectivity index (χ4v) is 4.46. The van der Waals surface area contributed by atoms with Gasteiger partial charge in [0.2, 0.25) is 0 Å². The van der Waals surface area contributed by atoms with E-state index in [0.717, 1.165) is 47.7 Å². The van der Waals surface area contributed by atoms with Crippen molar-refractivity contribution in [2.45, 2.75) is 37.1 Å². The largest absolute Gasteiger partial charge is 0.492 e. The average molecular weight is 1100 g/mol. The van der Waals surface area contributed by atoms with Crippen LogP contribution in [-0.2, 0) is 84.1 Å². The van der Waals surface area contributed by atoms with E-state index in [2.05, 4.69) is 0 Å². The molecule has 2 saturated heterocycles. The summed E-state index contributed by atoms with van der Waals surface area (Å²) in [5.74, 6) is 5.17. The molecule has 17 nitrogen and oxygen atoms in total. The average Bonchev–Trinajstić information content (AvgIpc) is 4.05. The second-order valence-electron chi connectivity index (χ2n) is 10.1. The number of hydrogen-bond acceptors (Lipinski definition) is 22. The summed E-state index contributed by atoms with van der Waals surface area (Å²) in [5.41, 5.74) is 0. The number of rotatable bonds is 24. The number of ether oxygens (including phenoxy) is 4. The number of hydrogen-bond donors (Lipinski definition) is 12. The van der Waals surface area contributed by atoms with Crippen LogP contribution in [0.15, 0.2) is 0 Å². The maximum Gasteiger partial charge on any atom is 0.492 e. The smallest absolute Gasteiger partial charge is 0.412 e. The Morgan fingerprint density at radius 1 is 0.448 bits per heavy atom. The Kier molecular flexibility index (Phi) is 111. The summed E-state index contributed by atoms with van der Waals surface area (Å²) in [7, 11) is -7.66. The summed E-state index contributed by atoms with van der Waals surface area (Å²) in [5, 5.41) is 48.3. The molecule has 2 atom stereocenters. The minimum atomic E-state index is -3.83. The van der Waals surface area contributed by atoms with Gasteiger partial charge in [0.1, 0.15) is 12.2 Å². The van der Waals surface area contributed by atoms with Gasteiger partial charge in [0, 0.05) is 125 Å². The summed E-state index contributed by atoms with van der Waals surface area (Å²) in [6.07, 6.45) is 13.2. The molecule has 0 aromatic heterocycles. The van der Waals surface area contributed by atoms with E-state index >= 15 is 0 Å². The molecule has 58 heavy (non-hydrogen) atoms. The molecule has 0 aromatic rings. The molecule has 28 heteroatoms. The molecule has 0 spiro atoms. The SMILES string of the molecule is CSCCO.CSCCO.CSCCO.CSCCO.CSCCO.CSCCO.O.O[Si](O)(O)CCCOCC1CO1.O[Si](O)(O)CCCOCC1CO1.[Ti].[Ti].[Ti]. The van der Waals surface area contributed by atoms with Crippen LogP contribution in [-0.4, -0.2) is 246 Å². The van der Waals surface area contributed by atoms with Crippen molar-refractivity contribution in [1.82, 2.24) is 0 Å². The monoisotopic (exact) mass is 1100 g/mol. The third kappa shape index (κ3) is 131. The van der Waals surface area contributed by atoms with Crippen molar-refractivity contribution in [2.24, 2.45) is 0 Å². The van der Waals surface area contributed by atoms with Crippen molar-refractivity contribution >= 4 is 88.2 Å². The van der Waals surface area contributed by atoms with E-state index in [1.165, 1.54) is 0 Å². The summed E-state index contributed by atoms with van der Waals surface area (Å²) in [4.78, 5) is 51.6. The Balaban J connectivity index is -0.0000000585. The zero-order valence-corrected chi connectivity index (χ0v) is 46.7. The van der Waals surface area contributed by atoms with E-state index in [0.29, 0.717) is 78.9 Å². The number of aliphatic hydroxyl groups excluding tert-OH is 6. The fourth-order valence-electron chi connectivity index (χ4n) is 2.13. The van der Waals surface area contributed by atoms with Crippen molar-refractivity contribution in [3.8, 4) is 0 Å². The van der Waals surface area contributed by atoms with E-state index in [-0.39, 0.29) is 94.9 Å².